The maximum Gasteiger partial charge on any atom is 0.0992 e. The number of hydrogen-bond acceptors (Lipinski definition) is 4. The van der Waals surface area contributed by atoms with E-state index in [0.717, 1.165) is 23.2 Å². The van der Waals surface area contributed by atoms with Crippen molar-refractivity contribution in [3.05, 3.63) is 28.2 Å². The van der Waals surface area contributed by atoms with Crippen molar-refractivity contribution in [2.45, 2.75) is 6.10 Å². The van der Waals surface area contributed by atoms with E-state index >= 15 is 0 Å². The van der Waals surface area contributed by atoms with E-state index in [4.69, 9.17) is 15.7 Å². The second-order valence-electron chi connectivity index (χ2n) is 3.95. The fourth-order valence-electron chi connectivity index (χ4n) is 1.91. The second kappa shape index (κ2) is 5.50. The first-order valence-corrected chi connectivity index (χ1v) is 6.30. The third kappa shape index (κ3) is 2.78. The highest BCUT2D eigenvalue weighted by Crippen LogP contribution is 2.28. The lowest BCUT2D eigenvalue weighted by Crippen LogP contribution is -2.45. The molecule has 1 aromatic carbocycles. The summed E-state index contributed by atoms with van der Waals surface area (Å²) in [7, 11) is 0. The van der Waals surface area contributed by atoms with Crippen LogP contribution in [0.1, 0.15) is 5.56 Å². The molecule has 1 unspecified atom stereocenters. The van der Waals surface area contributed by atoms with Crippen LogP contribution in [0.2, 0.25) is 0 Å². The fraction of sp³-hybridized carbons (Fsp3) is 0.417. The summed E-state index contributed by atoms with van der Waals surface area (Å²) in [5.74, 6) is 0. The van der Waals surface area contributed by atoms with Crippen LogP contribution >= 0.6 is 15.9 Å². The smallest absolute Gasteiger partial charge is 0.0992 e. The van der Waals surface area contributed by atoms with Gasteiger partial charge in [-0.15, -0.1) is 0 Å². The molecule has 1 saturated heterocycles. The van der Waals surface area contributed by atoms with Gasteiger partial charge in [-0.2, -0.15) is 5.26 Å². The molecular weight excluding hydrogens is 282 g/mol. The monoisotopic (exact) mass is 295 g/mol. The SMILES string of the molecule is N#Cc1ccc(N2CCOC(CN)C2)c(Br)c1. The van der Waals surface area contributed by atoms with E-state index in [1.54, 1.807) is 0 Å². The Morgan fingerprint density at radius 3 is 3.06 bits per heavy atom. The zero-order valence-corrected chi connectivity index (χ0v) is 11.0. The van der Waals surface area contributed by atoms with Crippen LogP contribution in [0.5, 0.6) is 0 Å². The molecular formula is C12H14BrN3O. The molecule has 0 amide bonds. The molecule has 1 heterocycles. The molecule has 0 aliphatic carbocycles. The lowest BCUT2D eigenvalue weighted by atomic mass is 10.2. The lowest BCUT2D eigenvalue weighted by Gasteiger charge is -2.34. The van der Waals surface area contributed by atoms with Gasteiger partial charge in [0.25, 0.3) is 0 Å². The third-order valence-electron chi connectivity index (χ3n) is 2.82. The number of nitrogens with zero attached hydrogens (tertiary/aromatic N) is 2. The zero-order valence-electron chi connectivity index (χ0n) is 9.40. The van der Waals surface area contributed by atoms with Crippen LogP contribution in [0.25, 0.3) is 0 Å². The van der Waals surface area contributed by atoms with Crippen molar-refractivity contribution in [3.63, 3.8) is 0 Å². The van der Waals surface area contributed by atoms with Crippen LogP contribution in [0, 0.1) is 11.3 Å². The van der Waals surface area contributed by atoms with Crippen LogP contribution in [-0.4, -0.2) is 32.3 Å². The predicted octanol–water partition coefficient (Wildman–Crippen LogP) is 1.48. The molecule has 1 aliphatic rings. The molecule has 2 N–H and O–H groups in total. The summed E-state index contributed by atoms with van der Waals surface area (Å²) in [5, 5.41) is 8.82. The van der Waals surface area contributed by atoms with Crippen molar-refractivity contribution >= 4 is 21.6 Å². The van der Waals surface area contributed by atoms with Crippen LogP contribution in [-0.2, 0) is 4.74 Å². The molecule has 4 nitrogen and oxygen atoms in total. The quantitative estimate of drug-likeness (QED) is 0.898. The van der Waals surface area contributed by atoms with Crippen molar-refractivity contribution in [1.29, 1.82) is 5.26 Å². The van der Waals surface area contributed by atoms with Crippen LogP contribution in [0.4, 0.5) is 5.69 Å². The third-order valence-corrected chi connectivity index (χ3v) is 3.45. The van der Waals surface area contributed by atoms with Crippen molar-refractivity contribution in [3.8, 4) is 6.07 Å². The first kappa shape index (κ1) is 12.4. The topological polar surface area (TPSA) is 62.3 Å². The molecule has 1 atom stereocenters. The van der Waals surface area contributed by atoms with Crippen LogP contribution in [0.3, 0.4) is 0 Å². The molecule has 5 heteroatoms. The van der Waals surface area contributed by atoms with Crippen LogP contribution in [0.15, 0.2) is 22.7 Å². The van der Waals surface area contributed by atoms with Gasteiger partial charge in [-0.05, 0) is 34.1 Å². The summed E-state index contributed by atoms with van der Waals surface area (Å²) < 4.78 is 6.47. The van der Waals surface area contributed by atoms with E-state index in [9.17, 15) is 0 Å². The number of hydrogen-bond donors (Lipinski definition) is 1. The van der Waals surface area contributed by atoms with Gasteiger partial charge in [0.15, 0.2) is 0 Å². The Kier molecular flexibility index (Phi) is 4.00. The highest BCUT2D eigenvalue weighted by molar-refractivity contribution is 9.10. The van der Waals surface area contributed by atoms with Gasteiger partial charge in [0.1, 0.15) is 0 Å². The van der Waals surface area contributed by atoms with E-state index in [-0.39, 0.29) is 6.10 Å². The Hall–Kier alpha value is -1.09. The maximum absolute atomic E-state index is 8.82. The molecule has 1 fully saturated rings. The van der Waals surface area contributed by atoms with Crippen molar-refractivity contribution < 1.29 is 4.74 Å². The van der Waals surface area contributed by atoms with Gasteiger partial charge in [0, 0.05) is 24.1 Å². The highest BCUT2D eigenvalue weighted by atomic mass is 79.9. The normalized spacial score (nSPS) is 20.1. The van der Waals surface area contributed by atoms with Gasteiger partial charge in [-0.25, -0.2) is 0 Å². The average molecular weight is 296 g/mol. The number of ether oxygens (including phenoxy) is 1. The summed E-state index contributed by atoms with van der Waals surface area (Å²) in [6.07, 6.45) is 0.0892. The molecule has 1 aromatic rings. The summed E-state index contributed by atoms with van der Waals surface area (Å²) in [5.41, 5.74) is 7.37. The Morgan fingerprint density at radius 1 is 1.59 bits per heavy atom. The molecule has 90 valence electrons. The largest absolute Gasteiger partial charge is 0.373 e. The molecule has 0 spiro atoms. The summed E-state index contributed by atoms with van der Waals surface area (Å²) in [6.45, 7) is 2.86. The minimum Gasteiger partial charge on any atom is -0.373 e. The Bertz CT molecular complexity index is 444. The molecule has 0 saturated carbocycles. The second-order valence-corrected chi connectivity index (χ2v) is 4.81. The first-order chi connectivity index (χ1) is 8.24. The molecule has 0 bridgehead atoms. The van der Waals surface area contributed by atoms with E-state index < -0.39 is 0 Å². The number of morpholine rings is 1. The van der Waals surface area contributed by atoms with E-state index in [0.29, 0.717) is 18.7 Å². The number of rotatable bonds is 2. The lowest BCUT2D eigenvalue weighted by molar-refractivity contribution is 0.0465. The van der Waals surface area contributed by atoms with Crippen molar-refractivity contribution in [2.75, 3.05) is 31.1 Å². The number of halogens is 1. The fourth-order valence-corrected chi connectivity index (χ4v) is 2.54. The minimum atomic E-state index is 0.0892. The minimum absolute atomic E-state index is 0.0892. The van der Waals surface area contributed by atoms with Gasteiger partial charge in [0.2, 0.25) is 0 Å². The molecule has 17 heavy (non-hydrogen) atoms. The number of benzene rings is 1. The van der Waals surface area contributed by atoms with Crippen molar-refractivity contribution in [1.82, 2.24) is 0 Å². The zero-order chi connectivity index (χ0) is 12.3. The standard InChI is InChI=1S/C12H14BrN3O/c13-11-5-9(6-14)1-2-12(11)16-3-4-17-10(7-15)8-16/h1-2,5,10H,3-4,7-8,15H2. The number of nitriles is 1. The molecule has 2 rings (SSSR count). The summed E-state index contributed by atoms with van der Waals surface area (Å²) in [6, 6.07) is 7.75. The van der Waals surface area contributed by atoms with Gasteiger partial charge in [-0.1, -0.05) is 0 Å². The average Bonchev–Trinajstić information content (AvgIpc) is 2.38. The van der Waals surface area contributed by atoms with Gasteiger partial charge >= 0.3 is 0 Å². The predicted molar refractivity (Wildman–Crippen MR) is 69.9 cm³/mol. The number of nitrogens with two attached hydrogens (primary N) is 1. The van der Waals surface area contributed by atoms with Gasteiger partial charge in [0.05, 0.1) is 30.0 Å². The van der Waals surface area contributed by atoms with Crippen molar-refractivity contribution in [2.24, 2.45) is 5.73 Å². The van der Waals surface area contributed by atoms with Gasteiger partial charge < -0.3 is 15.4 Å². The van der Waals surface area contributed by atoms with Crippen LogP contribution < -0.4 is 10.6 Å². The Balaban J connectivity index is 2.19. The first-order valence-electron chi connectivity index (χ1n) is 5.51. The Morgan fingerprint density at radius 2 is 2.41 bits per heavy atom. The number of anilines is 1. The molecule has 1 aliphatic heterocycles. The van der Waals surface area contributed by atoms with Gasteiger partial charge in [-0.3, -0.25) is 0 Å². The highest BCUT2D eigenvalue weighted by Gasteiger charge is 2.20. The molecule has 0 aromatic heterocycles. The Labute approximate surface area is 109 Å². The molecule has 0 radical (unpaired) electrons. The van der Waals surface area contributed by atoms with E-state index in [2.05, 4.69) is 26.9 Å². The summed E-state index contributed by atoms with van der Waals surface area (Å²) in [4.78, 5) is 2.23. The van der Waals surface area contributed by atoms with E-state index in [1.165, 1.54) is 0 Å². The maximum atomic E-state index is 8.82. The summed E-state index contributed by atoms with van der Waals surface area (Å²) >= 11 is 3.50. The van der Waals surface area contributed by atoms with E-state index in [1.807, 2.05) is 18.2 Å².